The van der Waals surface area contributed by atoms with Crippen molar-refractivity contribution in [2.24, 2.45) is 0 Å². The third-order valence-electron chi connectivity index (χ3n) is 6.08. The Kier molecular flexibility index (Phi) is 7.46. The maximum atomic E-state index is 6.62. The minimum absolute atomic E-state index is 0.155. The molecule has 0 saturated carbocycles. The van der Waals surface area contributed by atoms with Crippen LogP contribution in [0, 0.1) is 0 Å². The van der Waals surface area contributed by atoms with Crippen molar-refractivity contribution in [3.05, 3.63) is 107 Å². The Hall–Kier alpha value is -3.46. The summed E-state index contributed by atoms with van der Waals surface area (Å²) >= 11 is 12.5. The van der Waals surface area contributed by atoms with Crippen molar-refractivity contribution in [1.82, 2.24) is 19.9 Å². The summed E-state index contributed by atoms with van der Waals surface area (Å²) in [7, 11) is 1.64. The molecule has 1 N–H and O–H groups in total. The van der Waals surface area contributed by atoms with Gasteiger partial charge in [0.1, 0.15) is 18.4 Å². The maximum absolute atomic E-state index is 6.62. The van der Waals surface area contributed by atoms with E-state index in [0.717, 1.165) is 22.6 Å². The highest BCUT2D eigenvalue weighted by atomic mass is 35.5. The van der Waals surface area contributed by atoms with Crippen molar-refractivity contribution >= 4 is 34.6 Å². The van der Waals surface area contributed by atoms with E-state index in [-0.39, 0.29) is 12.1 Å². The van der Waals surface area contributed by atoms with Crippen LogP contribution in [0.25, 0.3) is 0 Å². The van der Waals surface area contributed by atoms with Gasteiger partial charge in [0.2, 0.25) is 0 Å². The first-order valence-electron chi connectivity index (χ1n) is 11.6. The number of thiocarbonyl (C=S) groups is 1. The second-order valence-corrected chi connectivity index (χ2v) is 9.17. The molecule has 1 aliphatic heterocycles. The largest absolute Gasteiger partial charge is 0.490 e. The predicted octanol–water partition coefficient (Wildman–Crippen LogP) is 5.18. The first-order chi connectivity index (χ1) is 17.7. The second-order valence-electron chi connectivity index (χ2n) is 8.37. The van der Waals surface area contributed by atoms with Crippen LogP contribution >= 0.6 is 23.8 Å². The summed E-state index contributed by atoms with van der Waals surface area (Å²) in [4.78, 5) is 11.0. The molecule has 1 fully saturated rings. The van der Waals surface area contributed by atoms with Crippen LogP contribution in [-0.2, 0) is 11.3 Å². The number of nitrogens with zero attached hydrogens (tertiary/aromatic N) is 4. The van der Waals surface area contributed by atoms with Gasteiger partial charge < -0.3 is 24.3 Å². The Morgan fingerprint density at radius 1 is 1.06 bits per heavy atom. The first kappa shape index (κ1) is 24.2. The summed E-state index contributed by atoms with van der Waals surface area (Å²) in [5.74, 6) is 0.605. The quantitative estimate of drug-likeness (QED) is 0.241. The minimum atomic E-state index is -0.157. The van der Waals surface area contributed by atoms with Crippen molar-refractivity contribution < 1.29 is 9.47 Å². The van der Waals surface area contributed by atoms with Gasteiger partial charge in [-0.2, -0.15) is 0 Å². The van der Waals surface area contributed by atoms with Crippen LogP contribution in [0.3, 0.4) is 0 Å². The fourth-order valence-electron chi connectivity index (χ4n) is 4.45. The third kappa shape index (κ3) is 5.06. The Labute approximate surface area is 220 Å². The van der Waals surface area contributed by atoms with Gasteiger partial charge in [-0.05, 0) is 66.3 Å². The number of methoxy groups -OCH3 is 1. The van der Waals surface area contributed by atoms with E-state index < -0.39 is 0 Å². The highest BCUT2D eigenvalue weighted by molar-refractivity contribution is 7.80. The molecule has 1 saturated heterocycles. The Balaban J connectivity index is 1.53. The molecule has 0 bridgehead atoms. The van der Waals surface area contributed by atoms with Gasteiger partial charge in [-0.25, -0.2) is 0 Å². The van der Waals surface area contributed by atoms with Crippen molar-refractivity contribution in [1.29, 1.82) is 0 Å². The molecule has 2 atom stereocenters. The van der Waals surface area contributed by atoms with Crippen molar-refractivity contribution in [3.63, 3.8) is 0 Å². The number of nitrogens with one attached hydrogen (secondary N) is 1. The van der Waals surface area contributed by atoms with Crippen molar-refractivity contribution in [2.45, 2.75) is 18.6 Å². The standard InChI is InChI=1S/C27H26ClN5O2S/c1-34-14-15-35-24-10-9-20(16-21(24)28)33-26(25(31-27(33)36)22-7-2-3-12-30-22)23-8-5-13-32(23)18-19-6-4-11-29-17-19/h2-13,16-17,25-26H,14-15,18H2,1H3,(H,31,36)/t25-,26+/m1/s1. The van der Waals surface area contributed by atoms with Gasteiger partial charge >= 0.3 is 0 Å². The van der Waals surface area contributed by atoms with Gasteiger partial charge in [-0.1, -0.05) is 23.7 Å². The minimum Gasteiger partial charge on any atom is -0.490 e. The average Bonchev–Trinajstić information content (AvgIpc) is 3.49. The molecule has 0 spiro atoms. The molecule has 0 amide bonds. The van der Waals surface area contributed by atoms with Gasteiger partial charge in [-0.3, -0.25) is 9.97 Å². The first-order valence-corrected chi connectivity index (χ1v) is 12.4. The summed E-state index contributed by atoms with van der Waals surface area (Å²) in [6, 6.07) is 19.6. The van der Waals surface area contributed by atoms with Crippen LogP contribution in [0.4, 0.5) is 5.69 Å². The second kappa shape index (κ2) is 11.1. The van der Waals surface area contributed by atoms with Crippen LogP contribution in [-0.4, -0.2) is 40.0 Å². The third-order valence-corrected chi connectivity index (χ3v) is 6.69. The Morgan fingerprint density at radius 2 is 1.97 bits per heavy atom. The zero-order chi connectivity index (χ0) is 24.9. The number of benzene rings is 1. The van der Waals surface area contributed by atoms with E-state index in [9.17, 15) is 0 Å². The highest BCUT2D eigenvalue weighted by Crippen LogP contribution is 2.43. The number of ether oxygens (including phenoxy) is 2. The molecule has 0 radical (unpaired) electrons. The lowest BCUT2D eigenvalue weighted by molar-refractivity contribution is 0.146. The van der Waals surface area contributed by atoms with Gasteiger partial charge in [0.25, 0.3) is 0 Å². The molecular formula is C27H26ClN5O2S. The monoisotopic (exact) mass is 519 g/mol. The van der Waals surface area contributed by atoms with E-state index in [1.165, 1.54) is 0 Å². The number of anilines is 1. The molecule has 1 aliphatic rings. The molecule has 184 valence electrons. The molecule has 4 heterocycles. The van der Waals surface area contributed by atoms with Crippen molar-refractivity contribution in [2.75, 3.05) is 25.2 Å². The van der Waals surface area contributed by atoms with Gasteiger partial charge in [0.15, 0.2) is 5.11 Å². The van der Waals surface area contributed by atoms with E-state index in [4.69, 9.17) is 33.3 Å². The molecule has 36 heavy (non-hydrogen) atoms. The molecule has 3 aromatic heterocycles. The molecule has 5 rings (SSSR count). The number of hydrogen-bond acceptors (Lipinski definition) is 5. The number of aromatic nitrogens is 3. The highest BCUT2D eigenvalue weighted by Gasteiger charge is 2.42. The fraction of sp³-hybridized carbons (Fsp3) is 0.222. The molecule has 4 aromatic rings. The average molecular weight is 520 g/mol. The van der Waals surface area contributed by atoms with Gasteiger partial charge in [-0.15, -0.1) is 0 Å². The van der Waals surface area contributed by atoms with E-state index in [2.05, 4.69) is 49.1 Å². The van der Waals surface area contributed by atoms with E-state index in [1.807, 2.05) is 48.7 Å². The maximum Gasteiger partial charge on any atom is 0.174 e. The van der Waals surface area contributed by atoms with Crippen LogP contribution < -0.4 is 15.0 Å². The molecule has 7 nitrogen and oxygen atoms in total. The van der Waals surface area contributed by atoms with E-state index >= 15 is 0 Å². The number of hydrogen-bond donors (Lipinski definition) is 1. The smallest absolute Gasteiger partial charge is 0.174 e. The summed E-state index contributed by atoms with van der Waals surface area (Å²) in [5.41, 5.74) is 3.99. The van der Waals surface area contributed by atoms with Crippen LogP contribution in [0.1, 0.15) is 29.0 Å². The summed E-state index contributed by atoms with van der Waals surface area (Å²) < 4.78 is 13.1. The lowest BCUT2D eigenvalue weighted by Gasteiger charge is -2.29. The van der Waals surface area contributed by atoms with E-state index in [1.54, 1.807) is 19.5 Å². The molecular weight excluding hydrogens is 494 g/mol. The normalized spacial score (nSPS) is 17.3. The van der Waals surface area contributed by atoms with Crippen LogP contribution in [0.15, 0.2) is 85.5 Å². The van der Waals surface area contributed by atoms with Gasteiger partial charge in [0, 0.05) is 49.8 Å². The van der Waals surface area contributed by atoms with E-state index in [0.29, 0.717) is 35.6 Å². The number of pyridine rings is 2. The zero-order valence-corrected chi connectivity index (χ0v) is 21.3. The summed E-state index contributed by atoms with van der Waals surface area (Å²) in [6.45, 7) is 1.60. The fourth-order valence-corrected chi connectivity index (χ4v) is 5.03. The number of rotatable bonds is 9. The van der Waals surface area contributed by atoms with Crippen LogP contribution in [0.5, 0.6) is 5.75 Å². The predicted molar refractivity (Wildman–Crippen MR) is 145 cm³/mol. The lowest BCUT2D eigenvalue weighted by atomic mass is 10.0. The Morgan fingerprint density at radius 3 is 2.72 bits per heavy atom. The topological polar surface area (TPSA) is 64.4 Å². The van der Waals surface area contributed by atoms with Crippen LogP contribution in [0.2, 0.25) is 5.02 Å². The van der Waals surface area contributed by atoms with Gasteiger partial charge in [0.05, 0.1) is 23.4 Å². The lowest BCUT2D eigenvalue weighted by Crippen LogP contribution is -2.30. The SMILES string of the molecule is COCCOc1ccc(N2C(=S)N[C@H](c3ccccn3)[C@@H]2c2cccn2Cc2cccnc2)cc1Cl. The Bertz CT molecular complexity index is 1320. The summed E-state index contributed by atoms with van der Waals surface area (Å²) in [6.07, 6.45) is 7.55. The van der Waals surface area contributed by atoms with Crippen molar-refractivity contribution in [3.8, 4) is 5.75 Å². The number of halogens is 1. The molecule has 0 aliphatic carbocycles. The molecule has 1 aromatic carbocycles. The summed E-state index contributed by atoms with van der Waals surface area (Å²) in [5, 5.41) is 4.62. The molecule has 0 unspecified atom stereocenters. The molecule has 9 heteroatoms. The zero-order valence-electron chi connectivity index (χ0n) is 19.8.